The van der Waals surface area contributed by atoms with Crippen LogP contribution in [0.4, 0.5) is 0 Å². The highest BCUT2D eigenvalue weighted by Crippen LogP contribution is 2.36. The van der Waals surface area contributed by atoms with Crippen LogP contribution in [0.25, 0.3) is 0 Å². The number of ether oxygens (including phenoxy) is 3. The van der Waals surface area contributed by atoms with Crippen molar-refractivity contribution in [1.29, 1.82) is 10.5 Å². The van der Waals surface area contributed by atoms with Crippen molar-refractivity contribution in [1.82, 2.24) is 0 Å². The fraction of sp³-hybridized carbons (Fsp3) is 0.167. The van der Waals surface area contributed by atoms with Crippen LogP contribution in [0, 0.1) is 22.7 Å². The van der Waals surface area contributed by atoms with E-state index in [1.165, 1.54) is 12.1 Å². The molecule has 0 aromatic heterocycles. The molecule has 0 heterocycles. The lowest BCUT2D eigenvalue weighted by molar-refractivity contribution is -0.136. The second-order valence-corrected chi connectivity index (χ2v) is 5.11. The Bertz CT molecular complexity index is 868. The number of halogens is 1. The summed E-state index contributed by atoms with van der Waals surface area (Å²) in [6.07, 6.45) is 0. The van der Waals surface area contributed by atoms with Gasteiger partial charge in [-0.05, 0) is 25.1 Å². The minimum absolute atomic E-state index is 0.0182. The lowest BCUT2D eigenvalue weighted by Crippen LogP contribution is -2.18. The molecule has 126 valence electrons. The summed E-state index contributed by atoms with van der Waals surface area (Å²) in [7, 11) is 0. The Morgan fingerprint density at radius 3 is 2.56 bits per heavy atom. The molecular formula is C18H13ClN2O4. The molecule has 0 saturated carbocycles. The van der Waals surface area contributed by atoms with Crippen molar-refractivity contribution in [2.75, 3.05) is 13.2 Å². The van der Waals surface area contributed by atoms with Crippen molar-refractivity contribution in [3.63, 3.8) is 0 Å². The van der Waals surface area contributed by atoms with Crippen molar-refractivity contribution >= 4 is 17.6 Å². The van der Waals surface area contributed by atoms with E-state index in [2.05, 4.69) is 0 Å². The minimum atomic E-state index is -0.722. The first-order valence-electron chi connectivity index (χ1n) is 7.28. The molecule has 0 spiro atoms. The number of carbonyl (C=O) groups excluding carboxylic acids is 1. The van der Waals surface area contributed by atoms with Gasteiger partial charge in [0.25, 0.3) is 0 Å². The third-order valence-corrected chi connectivity index (χ3v) is 3.29. The van der Waals surface area contributed by atoms with Gasteiger partial charge in [0.1, 0.15) is 11.8 Å². The molecule has 0 N–H and O–H groups in total. The predicted molar refractivity (Wildman–Crippen MR) is 89.6 cm³/mol. The van der Waals surface area contributed by atoms with E-state index in [0.717, 1.165) is 0 Å². The highest BCUT2D eigenvalue weighted by Gasteiger charge is 2.17. The van der Waals surface area contributed by atoms with Crippen LogP contribution < -0.4 is 14.2 Å². The van der Waals surface area contributed by atoms with E-state index in [-0.39, 0.29) is 27.8 Å². The van der Waals surface area contributed by atoms with Gasteiger partial charge in [-0.1, -0.05) is 23.7 Å². The van der Waals surface area contributed by atoms with Gasteiger partial charge in [-0.15, -0.1) is 0 Å². The lowest BCUT2D eigenvalue weighted by atomic mass is 10.2. The van der Waals surface area contributed by atoms with Gasteiger partial charge in [0.2, 0.25) is 0 Å². The van der Waals surface area contributed by atoms with E-state index in [9.17, 15) is 4.79 Å². The molecule has 2 aromatic rings. The average Bonchev–Trinajstić information content (AvgIpc) is 2.62. The molecule has 2 rings (SSSR count). The summed E-state index contributed by atoms with van der Waals surface area (Å²) in [4.78, 5) is 12.0. The van der Waals surface area contributed by atoms with Gasteiger partial charge in [-0.2, -0.15) is 10.5 Å². The molecule has 0 aliphatic heterocycles. The first kappa shape index (κ1) is 18.1. The Morgan fingerprint density at radius 2 is 1.88 bits per heavy atom. The van der Waals surface area contributed by atoms with E-state index in [4.69, 9.17) is 36.3 Å². The third kappa shape index (κ3) is 4.63. The quantitative estimate of drug-likeness (QED) is 0.581. The molecular weight excluding hydrogens is 344 g/mol. The number of rotatable bonds is 6. The van der Waals surface area contributed by atoms with E-state index in [1.807, 2.05) is 12.1 Å². The molecule has 6 nitrogen and oxygen atoms in total. The van der Waals surface area contributed by atoms with Crippen LogP contribution in [-0.2, 0) is 4.79 Å². The van der Waals surface area contributed by atoms with Crippen LogP contribution in [0.15, 0.2) is 36.4 Å². The second kappa shape index (κ2) is 8.58. The Labute approximate surface area is 149 Å². The summed E-state index contributed by atoms with van der Waals surface area (Å²) in [6, 6.07) is 13.2. The molecule has 7 heteroatoms. The average molecular weight is 357 g/mol. The number of esters is 1. The first-order chi connectivity index (χ1) is 12.1. The predicted octanol–water partition coefficient (Wildman–Crippen LogP) is 3.47. The Morgan fingerprint density at radius 1 is 1.12 bits per heavy atom. The summed E-state index contributed by atoms with van der Waals surface area (Å²) < 4.78 is 15.9. The smallest absolute Gasteiger partial charge is 0.349 e. The number of para-hydroxylation sites is 1. The molecule has 0 bridgehead atoms. The first-order valence-corrected chi connectivity index (χ1v) is 7.65. The molecule has 25 heavy (non-hydrogen) atoms. The van der Waals surface area contributed by atoms with Gasteiger partial charge in [0.05, 0.1) is 28.8 Å². The van der Waals surface area contributed by atoms with Gasteiger partial charge >= 0.3 is 5.97 Å². The van der Waals surface area contributed by atoms with Crippen molar-refractivity contribution in [2.45, 2.75) is 6.92 Å². The van der Waals surface area contributed by atoms with Crippen molar-refractivity contribution < 1.29 is 19.0 Å². The zero-order valence-electron chi connectivity index (χ0n) is 13.3. The van der Waals surface area contributed by atoms with Gasteiger partial charge in [-0.25, -0.2) is 4.79 Å². The molecule has 0 atom stereocenters. The number of carbonyl (C=O) groups is 1. The summed E-state index contributed by atoms with van der Waals surface area (Å²) >= 11 is 6.07. The van der Waals surface area contributed by atoms with Crippen LogP contribution in [0.2, 0.25) is 5.02 Å². The van der Waals surface area contributed by atoms with Crippen molar-refractivity contribution in [3.05, 3.63) is 52.5 Å². The highest BCUT2D eigenvalue weighted by atomic mass is 35.5. The molecule has 0 fully saturated rings. The topological polar surface area (TPSA) is 92.3 Å². The summed E-state index contributed by atoms with van der Waals surface area (Å²) in [5.41, 5.74) is 0.592. The highest BCUT2D eigenvalue weighted by molar-refractivity contribution is 6.32. The Hall–Kier alpha value is -3.22. The number of benzene rings is 2. The second-order valence-electron chi connectivity index (χ2n) is 4.70. The fourth-order valence-electron chi connectivity index (χ4n) is 1.96. The Kier molecular flexibility index (Phi) is 6.22. The third-order valence-electron chi connectivity index (χ3n) is 3.01. The maximum atomic E-state index is 12.0. The summed E-state index contributed by atoms with van der Waals surface area (Å²) in [6.45, 7) is 1.64. The Balaban J connectivity index is 2.13. The molecule has 0 unspecified atom stereocenters. The van der Waals surface area contributed by atoms with Gasteiger partial charge in [-0.3, -0.25) is 0 Å². The fourth-order valence-corrected chi connectivity index (χ4v) is 2.21. The van der Waals surface area contributed by atoms with Crippen LogP contribution in [0.3, 0.4) is 0 Å². The van der Waals surface area contributed by atoms with Crippen molar-refractivity contribution in [3.8, 4) is 29.4 Å². The molecule has 2 aromatic carbocycles. The summed E-state index contributed by atoms with van der Waals surface area (Å²) in [5.74, 6) is -0.236. The number of hydrogen-bond donors (Lipinski definition) is 0. The maximum absolute atomic E-state index is 12.0. The molecule has 0 radical (unpaired) electrons. The van der Waals surface area contributed by atoms with Crippen LogP contribution >= 0.6 is 11.6 Å². The molecule has 0 amide bonds. The monoisotopic (exact) mass is 356 g/mol. The lowest BCUT2D eigenvalue weighted by Gasteiger charge is -2.13. The zero-order chi connectivity index (χ0) is 18.2. The SMILES string of the molecule is CCOc1cc(C#N)cc(Cl)c1OC(=O)COc1ccccc1C#N. The number of nitrogens with zero attached hydrogens (tertiary/aromatic N) is 2. The largest absolute Gasteiger partial charge is 0.490 e. The van der Waals surface area contributed by atoms with Gasteiger partial charge in [0, 0.05) is 6.07 Å². The van der Waals surface area contributed by atoms with E-state index in [1.54, 1.807) is 31.2 Å². The normalized spacial score (nSPS) is 9.60. The number of hydrogen-bond acceptors (Lipinski definition) is 6. The van der Waals surface area contributed by atoms with Crippen LogP contribution in [-0.4, -0.2) is 19.2 Å². The van der Waals surface area contributed by atoms with E-state index in [0.29, 0.717) is 12.2 Å². The van der Waals surface area contributed by atoms with Crippen LogP contribution in [0.5, 0.6) is 17.2 Å². The van der Waals surface area contributed by atoms with E-state index < -0.39 is 12.6 Å². The standard InChI is InChI=1S/C18H13ClN2O4/c1-2-23-16-8-12(9-20)7-14(19)18(16)25-17(22)11-24-15-6-4-3-5-13(15)10-21/h3-8H,2,11H2,1H3. The maximum Gasteiger partial charge on any atom is 0.349 e. The number of nitriles is 2. The van der Waals surface area contributed by atoms with Gasteiger partial charge < -0.3 is 14.2 Å². The van der Waals surface area contributed by atoms with Gasteiger partial charge in [0.15, 0.2) is 18.1 Å². The van der Waals surface area contributed by atoms with Crippen molar-refractivity contribution in [2.24, 2.45) is 0 Å². The van der Waals surface area contributed by atoms with Crippen LogP contribution in [0.1, 0.15) is 18.1 Å². The molecule has 0 aliphatic carbocycles. The molecule has 0 aliphatic rings. The minimum Gasteiger partial charge on any atom is -0.490 e. The zero-order valence-corrected chi connectivity index (χ0v) is 14.0. The van der Waals surface area contributed by atoms with E-state index >= 15 is 0 Å². The summed E-state index contributed by atoms with van der Waals surface area (Å²) in [5, 5.41) is 18.0. The molecule has 0 saturated heterocycles.